The summed E-state index contributed by atoms with van der Waals surface area (Å²) in [7, 11) is 4.11. The zero-order chi connectivity index (χ0) is 18.5. The third-order valence-electron chi connectivity index (χ3n) is 4.21. The van der Waals surface area contributed by atoms with Crippen molar-refractivity contribution < 1.29 is 5.11 Å². The third kappa shape index (κ3) is 4.63. The van der Waals surface area contributed by atoms with Crippen LogP contribution in [0.25, 0.3) is 16.7 Å². The highest BCUT2D eigenvalue weighted by atomic mass is 79.9. The van der Waals surface area contributed by atoms with Gasteiger partial charge in [0.25, 0.3) is 0 Å². The molecule has 2 nitrogen and oxygen atoms in total. The van der Waals surface area contributed by atoms with E-state index in [1.807, 2.05) is 12.1 Å². The number of phenols is 1. The van der Waals surface area contributed by atoms with Crippen LogP contribution in [0.15, 0.2) is 83.3 Å². The van der Waals surface area contributed by atoms with E-state index in [1.54, 1.807) is 12.1 Å². The fourth-order valence-electron chi connectivity index (χ4n) is 2.80. The van der Waals surface area contributed by atoms with Gasteiger partial charge in [-0.2, -0.15) is 0 Å². The highest BCUT2D eigenvalue weighted by molar-refractivity contribution is 9.10. The molecule has 0 aliphatic heterocycles. The van der Waals surface area contributed by atoms with Crippen molar-refractivity contribution in [2.75, 3.05) is 20.6 Å². The summed E-state index contributed by atoms with van der Waals surface area (Å²) in [5.41, 5.74) is 5.82. The van der Waals surface area contributed by atoms with Crippen LogP contribution in [0.3, 0.4) is 0 Å². The van der Waals surface area contributed by atoms with E-state index in [0.717, 1.165) is 16.6 Å². The number of hydrogen-bond acceptors (Lipinski definition) is 2. The largest absolute Gasteiger partial charge is 0.508 e. The molecule has 3 aromatic rings. The van der Waals surface area contributed by atoms with Crippen molar-refractivity contribution >= 4 is 21.5 Å². The summed E-state index contributed by atoms with van der Waals surface area (Å²) in [5.74, 6) is 0.284. The molecular weight excluding hydrogens is 386 g/mol. The van der Waals surface area contributed by atoms with Gasteiger partial charge in [-0.15, -0.1) is 0 Å². The van der Waals surface area contributed by atoms with E-state index >= 15 is 0 Å². The van der Waals surface area contributed by atoms with Crippen LogP contribution < -0.4 is 0 Å². The maximum absolute atomic E-state index is 9.58. The van der Waals surface area contributed by atoms with Crippen LogP contribution in [-0.2, 0) is 0 Å². The van der Waals surface area contributed by atoms with E-state index < -0.39 is 0 Å². The van der Waals surface area contributed by atoms with Crippen molar-refractivity contribution in [2.24, 2.45) is 0 Å². The lowest BCUT2D eigenvalue weighted by atomic mass is 9.95. The third-order valence-corrected chi connectivity index (χ3v) is 4.74. The summed E-state index contributed by atoms with van der Waals surface area (Å²) in [6, 6.07) is 24.3. The Balaban J connectivity index is 1.94. The maximum atomic E-state index is 9.58. The predicted octanol–water partition coefficient (Wildman–Crippen LogP) is 5.82. The lowest BCUT2D eigenvalue weighted by Crippen LogP contribution is -2.11. The summed E-state index contributed by atoms with van der Waals surface area (Å²) < 4.78 is 1.08. The molecule has 0 aliphatic rings. The van der Waals surface area contributed by atoms with Crippen LogP contribution >= 0.6 is 15.9 Å². The van der Waals surface area contributed by atoms with Crippen molar-refractivity contribution in [3.8, 4) is 16.9 Å². The van der Waals surface area contributed by atoms with Crippen molar-refractivity contribution in [1.82, 2.24) is 4.90 Å². The van der Waals surface area contributed by atoms with Crippen molar-refractivity contribution in [2.45, 2.75) is 0 Å². The smallest absolute Gasteiger partial charge is 0.115 e. The molecule has 0 heterocycles. The second-order valence-corrected chi connectivity index (χ2v) is 7.43. The molecule has 3 aromatic carbocycles. The second-order valence-electron chi connectivity index (χ2n) is 6.51. The molecule has 132 valence electrons. The Morgan fingerprint density at radius 3 is 1.77 bits per heavy atom. The molecule has 0 saturated heterocycles. The number of nitrogens with zero attached hydrogens (tertiary/aromatic N) is 1. The molecule has 0 radical (unpaired) electrons. The number of phenolic OH excluding ortho intramolecular Hbond substituents is 1. The Kier molecular flexibility index (Phi) is 5.92. The van der Waals surface area contributed by atoms with Gasteiger partial charge in [-0.25, -0.2) is 0 Å². The fraction of sp³-hybridized carbons (Fsp3) is 0.130. The van der Waals surface area contributed by atoms with Crippen LogP contribution in [0.4, 0.5) is 0 Å². The minimum atomic E-state index is 0.284. The SMILES string of the molecule is CN(C)C/C=C(\c1ccc(O)cc1)c1ccc(-c2ccc(Br)cc2)cc1. The number of likely N-dealkylation sites (N-methyl/N-ethyl adjacent to an activating group) is 1. The number of aromatic hydroxyl groups is 1. The first-order chi connectivity index (χ1) is 12.5. The van der Waals surface area contributed by atoms with E-state index in [0.29, 0.717) is 0 Å². The summed E-state index contributed by atoms with van der Waals surface area (Å²) in [6.45, 7) is 0.852. The monoisotopic (exact) mass is 407 g/mol. The lowest BCUT2D eigenvalue weighted by Gasteiger charge is -2.13. The number of benzene rings is 3. The Hall–Kier alpha value is -2.36. The molecule has 0 aromatic heterocycles. The van der Waals surface area contributed by atoms with E-state index in [-0.39, 0.29) is 5.75 Å². The molecule has 0 atom stereocenters. The van der Waals surface area contributed by atoms with Gasteiger partial charge in [-0.05, 0) is 66.2 Å². The normalized spacial score (nSPS) is 11.8. The molecule has 3 heteroatoms. The predicted molar refractivity (Wildman–Crippen MR) is 113 cm³/mol. The Morgan fingerprint density at radius 2 is 1.27 bits per heavy atom. The van der Waals surface area contributed by atoms with Gasteiger partial charge in [-0.3, -0.25) is 0 Å². The van der Waals surface area contributed by atoms with Gasteiger partial charge >= 0.3 is 0 Å². The summed E-state index contributed by atoms with van der Waals surface area (Å²) in [5, 5.41) is 9.58. The van der Waals surface area contributed by atoms with Crippen molar-refractivity contribution in [3.63, 3.8) is 0 Å². The Bertz CT molecular complexity index is 879. The first-order valence-electron chi connectivity index (χ1n) is 8.53. The molecule has 0 bridgehead atoms. The summed E-state index contributed by atoms with van der Waals surface area (Å²) >= 11 is 3.48. The quantitative estimate of drug-likeness (QED) is 0.576. The number of hydrogen-bond donors (Lipinski definition) is 1. The van der Waals surface area contributed by atoms with Crippen LogP contribution in [-0.4, -0.2) is 30.6 Å². The summed E-state index contributed by atoms with van der Waals surface area (Å²) in [4.78, 5) is 2.14. The molecular formula is C23H22BrNO. The van der Waals surface area contributed by atoms with E-state index in [1.165, 1.54) is 22.3 Å². The summed E-state index contributed by atoms with van der Waals surface area (Å²) in [6.07, 6.45) is 2.22. The maximum Gasteiger partial charge on any atom is 0.115 e. The van der Waals surface area contributed by atoms with Gasteiger partial charge in [0, 0.05) is 11.0 Å². The van der Waals surface area contributed by atoms with E-state index in [2.05, 4.69) is 89.5 Å². The van der Waals surface area contributed by atoms with Gasteiger partial charge in [0.2, 0.25) is 0 Å². The lowest BCUT2D eigenvalue weighted by molar-refractivity contribution is 0.457. The zero-order valence-electron chi connectivity index (χ0n) is 15.0. The van der Waals surface area contributed by atoms with Crippen LogP contribution in [0.2, 0.25) is 0 Å². The van der Waals surface area contributed by atoms with Crippen LogP contribution in [0, 0.1) is 0 Å². The topological polar surface area (TPSA) is 23.5 Å². The number of rotatable bonds is 5. The molecule has 0 aliphatic carbocycles. The number of halogens is 1. The molecule has 0 amide bonds. The van der Waals surface area contributed by atoms with Gasteiger partial charge in [0.1, 0.15) is 5.75 Å². The van der Waals surface area contributed by atoms with Gasteiger partial charge < -0.3 is 10.0 Å². The molecule has 0 unspecified atom stereocenters. The second kappa shape index (κ2) is 8.35. The average molecular weight is 408 g/mol. The Labute approximate surface area is 163 Å². The molecule has 0 fully saturated rings. The standard InChI is InChI=1S/C23H22BrNO/c1-25(2)16-15-23(20-9-13-22(26)14-10-20)19-5-3-17(4-6-19)18-7-11-21(24)12-8-18/h3-15,26H,16H2,1-2H3/b23-15-. The highest BCUT2D eigenvalue weighted by Crippen LogP contribution is 2.28. The molecule has 3 rings (SSSR count). The fourth-order valence-corrected chi connectivity index (χ4v) is 3.07. The first-order valence-corrected chi connectivity index (χ1v) is 9.33. The van der Waals surface area contributed by atoms with Crippen molar-refractivity contribution in [3.05, 3.63) is 94.5 Å². The average Bonchev–Trinajstić information content (AvgIpc) is 2.64. The highest BCUT2D eigenvalue weighted by Gasteiger charge is 2.07. The molecule has 26 heavy (non-hydrogen) atoms. The van der Waals surface area contributed by atoms with Gasteiger partial charge in [0.15, 0.2) is 0 Å². The van der Waals surface area contributed by atoms with Crippen LogP contribution in [0.1, 0.15) is 11.1 Å². The van der Waals surface area contributed by atoms with Crippen molar-refractivity contribution in [1.29, 1.82) is 0 Å². The minimum Gasteiger partial charge on any atom is -0.508 e. The first kappa shape index (κ1) is 18.4. The Morgan fingerprint density at radius 1 is 0.808 bits per heavy atom. The minimum absolute atomic E-state index is 0.284. The van der Waals surface area contributed by atoms with Gasteiger partial charge in [-0.1, -0.05) is 70.5 Å². The molecule has 0 saturated carbocycles. The molecule has 1 N–H and O–H groups in total. The van der Waals surface area contributed by atoms with E-state index in [4.69, 9.17) is 0 Å². The van der Waals surface area contributed by atoms with E-state index in [9.17, 15) is 5.11 Å². The van der Waals surface area contributed by atoms with Crippen LogP contribution in [0.5, 0.6) is 5.75 Å². The zero-order valence-corrected chi connectivity index (χ0v) is 16.6. The van der Waals surface area contributed by atoms with Gasteiger partial charge in [0.05, 0.1) is 0 Å². The molecule has 0 spiro atoms.